The number of benzene rings is 1. The number of amidine groups is 1. The molecule has 1 aromatic carbocycles. The molecule has 1 amide bonds. The van der Waals surface area contributed by atoms with Crippen molar-refractivity contribution in [2.45, 2.75) is 25.3 Å². The molecule has 3 N–H and O–H groups in total. The van der Waals surface area contributed by atoms with Gasteiger partial charge < -0.3 is 11.1 Å². The first-order chi connectivity index (χ1) is 13.1. The number of rotatable bonds is 2. The Morgan fingerprint density at radius 2 is 2.22 bits per heavy atom. The zero-order valence-electron chi connectivity index (χ0n) is 14.7. The summed E-state index contributed by atoms with van der Waals surface area (Å²) in [7, 11) is 0. The number of pyridine rings is 1. The Hall–Kier alpha value is -2.85. The number of carbonyl (C=O) groups is 1. The molecule has 7 heteroatoms. The minimum Gasteiger partial charge on any atom is -0.379 e. The van der Waals surface area contributed by atoms with Crippen LogP contribution in [0.3, 0.4) is 0 Å². The number of hydrogen-bond donors (Lipinski definition) is 2. The van der Waals surface area contributed by atoms with Crippen LogP contribution in [0.4, 0.5) is 5.69 Å². The van der Waals surface area contributed by atoms with Gasteiger partial charge in [0.2, 0.25) is 0 Å². The van der Waals surface area contributed by atoms with E-state index in [9.17, 15) is 4.79 Å². The normalized spacial score (nSPS) is 21.1. The summed E-state index contributed by atoms with van der Waals surface area (Å²) in [6, 6.07) is 11.2. The van der Waals surface area contributed by atoms with Crippen molar-refractivity contribution in [2.24, 2.45) is 16.6 Å². The Kier molecular flexibility index (Phi) is 4.82. The Bertz CT molecular complexity index is 948. The van der Waals surface area contributed by atoms with Crippen molar-refractivity contribution < 1.29 is 4.79 Å². The molecule has 1 aliphatic carbocycles. The van der Waals surface area contributed by atoms with Crippen molar-refractivity contribution in [3.8, 4) is 6.07 Å². The summed E-state index contributed by atoms with van der Waals surface area (Å²) in [5.74, 6) is 1.17. The zero-order valence-corrected chi connectivity index (χ0v) is 15.5. The van der Waals surface area contributed by atoms with Crippen LogP contribution in [0.5, 0.6) is 0 Å². The van der Waals surface area contributed by atoms with Crippen LogP contribution < -0.4 is 11.1 Å². The minimum absolute atomic E-state index is 0.0636. The van der Waals surface area contributed by atoms with E-state index in [1.165, 1.54) is 11.8 Å². The van der Waals surface area contributed by atoms with Crippen LogP contribution in [0.25, 0.3) is 0 Å². The van der Waals surface area contributed by atoms with Crippen molar-refractivity contribution in [1.29, 1.82) is 5.26 Å². The first-order valence-corrected chi connectivity index (χ1v) is 9.89. The molecule has 4 rings (SSSR count). The summed E-state index contributed by atoms with van der Waals surface area (Å²) < 4.78 is 0. The number of hydrogen-bond acceptors (Lipinski definition) is 6. The van der Waals surface area contributed by atoms with Crippen LogP contribution in [-0.4, -0.2) is 21.8 Å². The summed E-state index contributed by atoms with van der Waals surface area (Å²) in [6.07, 6.45) is 4.70. The van der Waals surface area contributed by atoms with Gasteiger partial charge in [-0.2, -0.15) is 5.26 Å². The van der Waals surface area contributed by atoms with Crippen molar-refractivity contribution >= 4 is 28.5 Å². The minimum atomic E-state index is -0.299. The Morgan fingerprint density at radius 1 is 1.33 bits per heavy atom. The number of aromatic nitrogens is 1. The molecule has 27 heavy (non-hydrogen) atoms. The number of nitriles is 1. The van der Waals surface area contributed by atoms with Crippen LogP contribution in [0, 0.1) is 17.2 Å². The van der Waals surface area contributed by atoms with Gasteiger partial charge in [0, 0.05) is 17.6 Å². The highest BCUT2D eigenvalue weighted by Crippen LogP contribution is 2.41. The molecule has 2 atom stereocenters. The topological polar surface area (TPSA) is 104 Å². The number of aryl methyl sites for hydroxylation is 1. The molecule has 0 unspecified atom stereocenters. The second-order valence-corrected chi connectivity index (χ2v) is 7.83. The number of anilines is 1. The smallest absolute Gasteiger partial charge is 0.274 e. The lowest BCUT2D eigenvalue weighted by atomic mass is 9.92. The van der Waals surface area contributed by atoms with E-state index >= 15 is 0 Å². The van der Waals surface area contributed by atoms with Crippen LogP contribution in [0.15, 0.2) is 41.5 Å². The summed E-state index contributed by atoms with van der Waals surface area (Å²) in [5.41, 5.74) is 9.84. The molecule has 1 aliphatic heterocycles. The molecule has 0 bridgehead atoms. The highest BCUT2D eigenvalue weighted by atomic mass is 32.2. The van der Waals surface area contributed by atoms with Crippen LogP contribution >= 0.6 is 11.8 Å². The molecule has 6 nitrogen and oxygen atoms in total. The van der Waals surface area contributed by atoms with Gasteiger partial charge in [-0.15, -0.1) is 0 Å². The lowest BCUT2D eigenvalue weighted by Crippen LogP contribution is -2.24. The number of nitrogens with two attached hydrogens (primary N) is 1. The third kappa shape index (κ3) is 3.67. The van der Waals surface area contributed by atoms with E-state index in [1.54, 1.807) is 23.9 Å². The first kappa shape index (κ1) is 17.6. The number of amides is 1. The summed E-state index contributed by atoms with van der Waals surface area (Å²) >= 11 is 1.63. The lowest BCUT2D eigenvalue weighted by Gasteiger charge is -2.27. The van der Waals surface area contributed by atoms with Gasteiger partial charge in [-0.1, -0.05) is 17.8 Å². The highest BCUT2D eigenvalue weighted by Gasteiger charge is 2.31. The Labute approximate surface area is 161 Å². The molecule has 0 spiro atoms. The van der Waals surface area contributed by atoms with Gasteiger partial charge in [-0.3, -0.25) is 9.79 Å². The maximum atomic E-state index is 12.5. The van der Waals surface area contributed by atoms with Crippen molar-refractivity contribution in [3.63, 3.8) is 0 Å². The van der Waals surface area contributed by atoms with E-state index in [0.29, 0.717) is 16.6 Å². The third-order valence-electron chi connectivity index (χ3n) is 5.03. The predicted molar refractivity (Wildman–Crippen MR) is 107 cm³/mol. The van der Waals surface area contributed by atoms with Gasteiger partial charge in [0.25, 0.3) is 5.91 Å². The maximum Gasteiger partial charge on any atom is 0.274 e. The fraction of sp³-hybridized carbons (Fsp3) is 0.300. The van der Waals surface area contributed by atoms with Gasteiger partial charge >= 0.3 is 0 Å². The number of aliphatic imine (C=N–C) groups is 1. The van der Waals surface area contributed by atoms with Crippen LogP contribution in [0.1, 0.15) is 46.1 Å². The average molecular weight is 377 g/mol. The van der Waals surface area contributed by atoms with E-state index in [-0.39, 0.29) is 17.6 Å². The first-order valence-electron chi connectivity index (χ1n) is 8.90. The molecular formula is C20H19N5OS. The third-order valence-corrected chi connectivity index (χ3v) is 6.02. The number of nitrogens with zero attached hydrogens (tertiary/aromatic N) is 3. The van der Waals surface area contributed by atoms with E-state index < -0.39 is 0 Å². The Morgan fingerprint density at radius 3 is 3.00 bits per heavy atom. The number of carbonyl (C=O) groups excluding carboxylic acids is 1. The van der Waals surface area contributed by atoms with Gasteiger partial charge in [0.15, 0.2) is 5.17 Å². The van der Waals surface area contributed by atoms with Crippen molar-refractivity contribution in [1.82, 2.24) is 4.98 Å². The van der Waals surface area contributed by atoms with E-state index in [2.05, 4.69) is 16.4 Å². The lowest BCUT2D eigenvalue weighted by molar-refractivity contribution is 0.102. The summed E-state index contributed by atoms with van der Waals surface area (Å²) in [5, 5.41) is 12.4. The van der Waals surface area contributed by atoms with Gasteiger partial charge in [0.05, 0.1) is 11.6 Å². The fourth-order valence-electron chi connectivity index (χ4n) is 3.65. The highest BCUT2D eigenvalue weighted by molar-refractivity contribution is 8.13. The van der Waals surface area contributed by atoms with E-state index in [1.807, 2.05) is 18.2 Å². The largest absolute Gasteiger partial charge is 0.379 e. The van der Waals surface area contributed by atoms with Gasteiger partial charge in [0.1, 0.15) is 11.8 Å². The summed E-state index contributed by atoms with van der Waals surface area (Å²) in [4.78, 5) is 21.2. The number of fused-ring (bicyclic) bond motifs is 3. The van der Waals surface area contributed by atoms with Crippen molar-refractivity contribution in [2.75, 3.05) is 11.1 Å². The quantitative estimate of drug-likeness (QED) is 0.836. The second kappa shape index (κ2) is 7.41. The molecular weight excluding hydrogens is 358 g/mol. The van der Waals surface area contributed by atoms with E-state index in [0.717, 1.165) is 36.3 Å². The summed E-state index contributed by atoms with van der Waals surface area (Å²) in [6.45, 7) is 0. The predicted octanol–water partition coefficient (Wildman–Crippen LogP) is 3.26. The molecule has 0 saturated carbocycles. The van der Waals surface area contributed by atoms with Crippen LogP contribution in [0.2, 0.25) is 0 Å². The molecule has 136 valence electrons. The molecule has 2 heterocycles. The maximum absolute atomic E-state index is 12.5. The molecule has 0 fully saturated rings. The second-order valence-electron chi connectivity index (χ2n) is 6.79. The number of thioether (sulfide) groups is 1. The van der Waals surface area contributed by atoms with E-state index in [4.69, 9.17) is 16.0 Å². The molecule has 1 aromatic heterocycles. The standard InChI is InChI=1S/C20H19N5OS/c21-9-12-4-7-17(23-10-12)19(26)24-15-6-5-13-2-1-3-14-11-27-20(22)25-18(14)16(13)8-15/h4-8,10,14,18H,1-3,11H2,(H2,22,25)(H,24,26)/t14-,18+/m1/s1. The average Bonchev–Trinajstić information content (AvgIpc) is 2.87. The zero-order chi connectivity index (χ0) is 18.8. The Balaban J connectivity index is 1.61. The van der Waals surface area contributed by atoms with Gasteiger partial charge in [-0.25, -0.2) is 4.98 Å². The van der Waals surface area contributed by atoms with Gasteiger partial charge in [-0.05, 0) is 60.6 Å². The molecule has 0 saturated heterocycles. The molecule has 0 radical (unpaired) electrons. The van der Waals surface area contributed by atoms with Crippen molar-refractivity contribution in [3.05, 3.63) is 58.9 Å². The SMILES string of the molecule is N#Cc1ccc(C(=O)Nc2ccc3c(c2)[C@H]2N=C(N)SC[C@H]2CCC3)nc1. The molecule has 2 aromatic rings. The van der Waals surface area contributed by atoms with Crippen LogP contribution in [-0.2, 0) is 6.42 Å². The monoisotopic (exact) mass is 377 g/mol. The molecule has 2 aliphatic rings. The fourth-order valence-corrected chi connectivity index (χ4v) is 4.57. The number of nitrogens with one attached hydrogen (secondary N) is 1.